The molecular formula is C10H12ClNO2. The largest absolute Gasteiger partial charge is 0.484 e. The molecule has 1 atom stereocenters. The molecule has 0 aliphatic carbocycles. The Labute approximate surface area is 87.8 Å². The summed E-state index contributed by atoms with van der Waals surface area (Å²) in [6.07, 6.45) is 0. The first-order valence-electron chi connectivity index (χ1n) is 4.27. The maximum atomic E-state index is 11.1. The second-order valence-corrected chi connectivity index (χ2v) is 3.38. The van der Waals surface area contributed by atoms with Crippen molar-refractivity contribution in [3.8, 4) is 5.75 Å². The Morgan fingerprint density at radius 1 is 1.57 bits per heavy atom. The third-order valence-corrected chi connectivity index (χ3v) is 2.03. The molecule has 1 unspecified atom stereocenters. The van der Waals surface area contributed by atoms with Crippen molar-refractivity contribution in [1.82, 2.24) is 0 Å². The van der Waals surface area contributed by atoms with Crippen LogP contribution in [0.2, 0.25) is 5.02 Å². The summed E-state index contributed by atoms with van der Waals surface area (Å²) in [6.45, 7) is 1.58. The molecule has 4 heteroatoms. The number of para-hydroxylation sites is 1. The number of carbonyl (C=O) groups excluding carboxylic acids is 1. The highest BCUT2D eigenvalue weighted by atomic mass is 35.5. The van der Waals surface area contributed by atoms with Crippen molar-refractivity contribution in [3.05, 3.63) is 29.3 Å². The number of Topliss-reactive ketones (excluding diaryl/α,β-unsaturated/α-hetero) is 1. The second-order valence-electron chi connectivity index (χ2n) is 2.97. The van der Waals surface area contributed by atoms with Crippen LogP contribution in [0.5, 0.6) is 5.75 Å². The van der Waals surface area contributed by atoms with Gasteiger partial charge in [-0.1, -0.05) is 23.7 Å². The second kappa shape index (κ2) is 4.98. The number of hydrogen-bond donors (Lipinski definition) is 1. The Balaban J connectivity index is 2.54. The molecule has 0 amide bonds. The van der Waals surface area contributed by atoms with E-state index in [1.54, 1.807) is 31.2 Å². The van der Waals surface area contributed by atoms with Crippen LogP contribution in [0, 0.1) is 0 Å². The Bertz CT molecular complexity index is 326. The molecule has 14 heavy (non-hydrogen) atoms. The molecule has 0 radical (unpaired) electrons. The lowest BCUT2D eigenvalue weighted by Crippen LogP contribution is -2.31. The van der Waals surface area contributed by atoms with Gasteiger partial charge in [0.15, 0.2) is 5.78 Å². The molecule has 1 rings (SSSR count). The highest BCUT2D eigenvalue weighted by Gasteiger charge is 2.09. The minimum atomic E-state index is -0.502. The van der Waals surface area contributed by atoms with Crippen molar-refractivity contribution >= 4 is 17.4 Å². The molecular weight excluding hydrogens is 202 g/mol. The Kier molecular flexibility index (Phi) is 3.92. The van der Waals surface area contributed by atoms with E-state index in [4.69, 9.17) is 22.1 Å². The monoisotopic (exact) mass is 213 g/mol. The number of hydrogen-bond acceptors (Lipinski definition) is 3. The lowest BCUT2D eigenvalue weighted by Gasteiger charge is -2.08. The fraction of sp³-hybridized carbons (Fsp3) is 0.300. The number of ketones is 1. The van der Waals surface area contributed by atoms with Gasteiger partial charge in [-0.3, -0.25) is 4.79 Å². The van der Waals surface area contributed by atoms with Crippen LogP contribution in [0.3, 0.4) is 0 Å². The van der Waals surface area contributed by atoms with E-state index < -0.39 is 6.04 Å². The van der Waals surface area contributed by atoms with Crippen LogP contribution >= 0.6 is 11.6 Å². The van der Waals surface area contributed by atoms with Gasteiger partial charge in [0.25, 0.3) is 0 Å². The highest BCUT2D eigenvalue weighted by Crippen LogP contribution is 2.22. The lowest BCUT2D eigenvalue weighted by molar-refractivity contribution is -0.121. The Morgan fingerprint density at radius 2 is 2.21 bits per heavy atom. The van der Waals surface area contributed by atoms with E-state index in [-0.39, 0.29) is 12.4 Å². The molecule has 0 spiro atoms. The van der Waals surface area contributed by atoms with E-state index in [9.17, 15) is 4.79 Å². The molecule has 0 aliphatic heterocycles. The summed E-state index contributed by atoms with van der Waals surface area (Å²) in [5, 5.41) is 0.491. The number of nitrogens with two attached hydrogens (primary N) is 1. The number of benzene rings is 1. The summed E-state index contributed by atoms with van der Waals surface area (Å²) < 4.78 is 5.20. The van der Waals surface area contributed by atoms with Crippen molar-refractivity contribution in [2.75, 3.05) is 6.61 Å². The topological polar surface area (TPSA) is 52.3 Å². The number of rotatable bonds is 4. The van der Waals surface area contributed by atoms with Crippen molar-refractivity contribution in [2.24, 2.45) is 5.73 Å². The summed E-state index contributed by atoms with van der Waals surface area (Å²) in [7, 11) is 0. The van der Waals surface area contributed by atoms with Crippen LogP contribution in [0.1, 0.15) is 6.92 Å². The first-order chi connectivity index (χ1) is 6.61. The van der Waals surface area contributed by atoms with Gasteiger partial charge in [0.2, 0.25) is 0 Å². The van der Waals surface area contributed by atoms with Crippen LogP contribution < -0.4 is 10.5 Å². The third kappa shape index (κ3) is 3.01. The molecule has 0 bridgehead atoms. The van der Waals surface area contributed by atoms with E-state index in [2.05, 4.69) is 0 Å². The molecule has 76 valence electrons. The lowest BCUT2D eigenvalue weighted by atomic mass is 10.2. The molecule has 0 aromatic heterocycles. The third-order valence-electron chi connectivity index (χ3n) is 1.71. The van der Waals surface area contributed by atoms with Gasteiger partial charge < -0.3 is 10.5 Å². The molecule has 0 aliphatic rings. The molecule has 0 fully saturated rings. The first kappa shape index (κ1) is 11.0. The molecule has 0 heterocycles. The number of carbonyl (C=O) groups is 1. The van der Waals surface area contributed by atoms with E-state index in [1.807, 2.05) is 0 Å². The van der Waals surface area contributed by atoms with Gasteiger partial charge in [0.1, 0.15) is 12.4 Å². The average Bonchev–Trinajstić information content (AvgIpc) is 2.16. The van der Waals surface area contributed by atoms with Gasteiger partial charge in [0, 0.05) is 0 Å². The van der Waals surface area contributed by atoms with Crippen LogP contribution in [-0.2, 0) is 4.79 Å². The zero-order chi connectivity index (χ0) is 10.6. The van der Waals surface area contributed by atoms with E-state index in [0.717, 1.165) is 0 Å². The Morgan fingerprint density at radius 3 is 2.79 bits per heavy atom. The van der Waals surface area contributed by atoms with Crippen molar-refractivity contribution in [2.45, 2.75) is 13.0 Å². The maximum absolute atomic E-state index is 11.1. The van der Waals surface area contributed by atoms with E-state index >= 15 is 0 Å². The normalized spacial score (nSPS) is 12.2. The quantitative estimate of drug-likeness (QED) is 0.827. The minimum absolute atomic E-state index is 0.0403. The fourth-order valence-corrected chi connectivity index (χ4v) is 1.03. The zero-order valence-corrected chi connectivity index (χ0v) is 8.62. The zero-order valence-electron chi connectivity index (χ0n) is 7.87. The average molecular weight is 214 g/mol. The van der Waals surface area contributed by atoms with Crippen LogP contribution in [0.4, 0.5) is 0 Å². The highest BCUT2D eigenvalue weighted by molar-refractivity contribution is 6.32. The predicted octanol–water partition coefficient (Wildman–Crippen LogP) is 1.64. The Hall–Kier alpha value is -1.06. The van der Waals surface area contributed by atoms with Gasteiger partial charge in [0.05, 0.1) is 11.1 Å². The molecule has 1 aromatic rings. The van der Waals surface area contributed by atoms with Gasteiger partial charge >= 0.3 is 0 Å². The van der Waals surface area contributed by atoms with Gasteiger partial charge in [-0.2, -0.15) is 0 Å². The predicted molar refractivity (Wildman–Crippen MR) is 55.6 cm³/mol. The summed E-state index contributed by atoms with van der Waals surface area (Å²) in [6, 6.07) is 6.49. The standard InChI is InChI=1S/C10H12ClNO2/c1-7(12)9(13)6-14-10-5-3-2-4-8(10)11/h2-5,7H,6,12H2,1H3. The SMILES string of the molecule is CC(N)C(=O)COc1ccccc1Cl. The molecule has 2 N–H and O–H groups in total. The summed E-state index contributed by atoms with van der Waals surface area (Å²) >= 11 is 5.82. The van der Waals surface area contributed by atoms with Crippen LogP contribution in [-0.4, -0.2) is 18.4 Å². The van der Waals surface area contributed by atoms with Crippen LogP contribution in [0.15, 0.2) is 24.3 Å². The van der Waals surface area contributed by atoms with Gasteiger partial charge in [-0.25, -0.2) is 0 Å². The summed E-state index contributed by atoms with van der Waals surface area (Å²) in [5.41, 5.74) is 5.38. The fourth-order valence-electron chi connectivity index (χ4n) is 0.842. The van der Waals surface area contributed by atoms with Crippen molar-refractivity contribution < 1.29 is 9.53 Å². The van der Waals surface area contributed by atoms with E-state index in [0.29, 0.717) is 10.8 Å². The number of ether oxygens (including phenoxy) is 1. The molecule has 1 aromatic carbocycles. The first-order valence-corrected chi connectivity index (χ1v) is 4.64. The van der Waals surface area contributed by atoms with Gasteiger partial charge in [-0.05, 0) is 19.1 Å². The van der Waals surface area contributed by atoms with Crippen LogP contribution in [0.25, 0.3) is 0 Å². The smallest absolute Gasteiger partial charge is 0.186 e. The summed E-state index contributed by atoms with van der Waals surface area (Å²) in [4.78, 5) is 11.1. The molecule has 0 saturated heterocycles. The van der Waals surface area contributed by atoms with Crippen molar-refractivity contribution in [3.63, 3.8) is 0 Å². The minimum Gasteiger partial charge on any atom is -0.484 e. The summed E-state index contributed by atoms with van der Waals surface area (Å²) in [5.74, 6) is 0.355. The molecule has 0 saturated carbocycles. The van der Waals surface area contributed by atoms with E-state index in [1.165, 1.54) is 0 Å². The van der Waals surface area contributed by atoms with Crippen molar-refractivity contribution in [1.29, 1.82) is 0 Å². The van der Waals surface area contributed by atoms with Gasteiger partial charge in [-0.15, -0.1) is 0 Å². The number of halogens is 1. The maximum Gasteiger partial charge on any atom is 0.186 e. The molecule has 3 nitrogen and oxygen atoms in total.